The van der Waals surface area contributed by atoms with E-state index >= 15 is 0 Å². The van der Waals surface area contributed by atoms with Crippen LogP contribution in [0, 0.1) is 11.7 Å². The third-order valence-electron chi connectivity index (χ3n) is 7.90. The second-order valence-corrected chi connectivity index (χ2v) is 10.7. The third kappa shape index (κ3) is 5.06. The first-order valence-electron chi connectivity index (χ1n) is 13.9. The minimum absolute atomic E-state index is 0.0299. The number of pyridine rings is 3. The standard InChI is InChI=1S/C32H28FN7O/c33-22-8-4-7-20(10-22)26-16-35-17-29-24(26)12-28(38-29)32-25-13-27(36-18-30(25)39-40-32)21-11-23(15-34-14-21)37-31(41)9-19-5-2-1-3-6-19/h4,7-8,10-19,38H,1-3,5-6,9H2,(H,37,41)(H,39,40). The Morgan fingerprint density at radius 3 is 2.66 bits per heavy atom. The first-order valence-corrected chi connectivity index (χ1v) is 13.9. The van der Waals surface area contributed by atoms with Gasteiger partial charge in [-0.3, -0.25) is 24.8 Å². The molecule has 5 aromatic heterocycles. The maximum atomic E-state index is 13.9. The first kappa shape index (κ1) is 25.1. The highest BCUT2D eigenvalue weighted by molar-refractivity contribution is 6.01. The Morgan fingerprint density at radius 2 is 1.78 bits per heavy atom. The number of hydrogen-bond donors (Lipinski definition) is 3. The van der Waals surface area contributed by atoms with Crippen molar-refractivity contribution in [2.24, 2.45) is 5.92 Å². The van der Waals surface area contributed by atoms with E-state index in [1.807, 2.05) is 24.3 Å². The van der Waals surface area contributed by atoms with Crippen LogP contribution < -0.4 is 5.32 Å². The summed E-state index contributed by atoms with van der Waals surface area (Å²) in [6.45, 7) is 0. The van der Waals surface area contributed by atoms with Crippen LogP contribution in [0.1, 0.15) is 38.5 Å². The van der Waals surface area contributed by atoms with Crippen molar-refractivity contribution in [2.45, 2.75) is 38.5 Å². The Kier molecular flexibility index (Phi) is 6.47. The van der Waals surface area contributed by atoms with Gasteiger partial charge in [0.2, 0.25) is 5.91 Å². The fourth-order valence-corrected chi connectivity index (χ4v) is 5.86. The lowest BCUT2D eigenvalue weighted by Gasteiger charge is -2.20. The molecule has 0 atom stereocenters. The van der Waals surface area contributed by atoms with Crippen LogP contribution in [0.15, 0.2) is 73.4 Å². The number of fused-ring (bicyclic) bond motifs is 2. The second kappa shape index (κ2) is 10.6. The number of anilines is 1. The summed E-state index contributed by atoms with van der Waals surface area (Å²) in [6.07, 6.45) is 15.1. The second-order valence-electron chi connectivity index (χ2n) is 10.7. The minimum atomic E-state index is -0.295. The molecule has 6 aromatic rings. The Morgan fingerprint density at radius 1 is 0.902 bits per heavy atom. The zero-order valence-corrected chi connectivity index (χ0v) is 22.3. The average molecular weight is 546 g/mol. The van der Waals surface area contributed by atoms with E-state index in [1.165, 1.54) is 31.4 Å². The fourth-order valence-electron chi connectivity index (χ4n) is 5.86. The monoisotopic (exact) mass is 545 g/mol. The molecule has 1 aromatic carbocycles. The Balaban J connectivity index is 1.19. The SMILES string of the molecule is O=C(CC1CCCCC1)Nc1cncc(-c2cc3c(-c4cc5c(-c6cccc(F)c6)cncc5[nH]4)n[nH]c3cn2)c1. The van der Waals surface area contributed by atoms with Crippen LogP contribution in [-0.4, -0.2) is 36.0 Å². The number of rotatable bonds is 6. The number of aromatic nitrogens is 6. The van der Waals surface area contributed by atoms with Crippen molar-refractivity contribution in [1.82, 2.24) is 30.1 Å². The molecule has 0 spiro atoms. The number of carbonyl (C=O) groups is 1. The molecular formula is C32H28FN7O. The molecule has 3 N–H and O–H groups in total. The molecule has 9 heteroatoms. The summed E-state index contributed by atoms with van der Waals surface area (Å²) in [5.41, 5.74) is 6.91. The molecule has 1 amide bonds. The molecule has 0 radical (unpaired) electrons. The van der Waals surface area contributed by atoms with E-state index in [2.05, 4.69) is 35.5 Å². The molecule has 5 heterocycles. The highest BCUT2D eigenvalue weighted by atomic mass is 19.1. The topological polar surface area (TPSA) is 112 Å². The summed E-state index contributed by atoms with van der Waals surface area (Å²) in [7, 11) is 0. The molecule has 1 fully saturated rings. The van der Waals surface area contributed by atoms with Crippen molar-refractivity contribution >= 4 is 33.4 Å². The minimum Gasteiger partial charge on any atom is -0.352 e. The molecule has 0 aliphatic heterocycles. The molecule has 0 unspecified atom stereocenters. The molecule has 0 bridgehead atoms. The van der Waals surface area contributed by atoms with Crippen LogP contribution in [0.5, 0.6) is 0 Å². The summed E-state index contributed by atoms with van der Waals surface area (Å²) >= 11 is 0. The number of aromatic amines is 2. The summed E-state index contributed by atoms with van der Waals surface area (Å²) in [6, 6.07) is 12.4. The van der Waals surface area contributed by atoms with Gasteiger partial charge in [-0.1, -0.05) is 31.4 Å². The Bertz CT molecular complexity index is 1890. The summed E-state index contributed by atoms with van der Waals surface area (Å²) in [5, 5.41) is 12.5. The first-order chi connectivity index (χ1) is 20.1. The zero-order chi connectivity index (χ0) is 27.8. The van der Waals surface area contributed by atoms with Gasteiger partial charge in [-0.25, -0.2) is 4.39 Å². The molecule has 41 heavy (non-hydrogen) atoms. The third-order valence-corrected chi connectivity index (χ3v) is 7.90. The fraction of sp³-hybridized carbons (Fsp3) is 0.219. The highest BCUT2D eigenvalue weighted by Crippen LogP contribution is 2.35. The van der Waals surface area contributed by atoms with E-state index in [9.17, 15) is 9.18 Å². The highest BCUT2D eigenvalue weighted by Gasteiger charge is 2.18. The number of carbonyl (C=O) groups excluding carboxylic acids is 1. The van der Waals surface area contributed by atoms with E-state index < -0.39 is 0 Å². The van der Waals surface area contributed by atoms with Crippen LogP contribution in [0.4, 0.5) is 10.1 Å². The smallest absolute Gasteiger partial charge is 0.224 e. The van der Waals surface area contributed by atoms with Gasteiger partial charge in [-0.15, -0.1) is 0 Å². The van der Waals surface area contributed by atoms with Gasteiger partial charge in [0.1, 0.15) is 11.5 Å². The average Bonchev–Trinajstić information content (AvgIpc) is 3.61. The van der Waals surface area contributed by atoms with Crippen LogP contribution in [0.3, 0.4) is 0 Å². The van der Waals surface area contributed by atoms with Crippen LogP contribution in [-0.2, 0) is 4.79 Å². The lowest BCUT2D eigenvalue weighted by Crippen LogP contribution is -2.18. The quantitative estimate of drug-likeness (QED) is 0.204. The van der Waals surface area contributed by atoms with Crippen LogP contribution in [0.25, 0.3) is 55.6 Å². The summed E-state index contributed by atoms with van der Waals surface area (Å²) in [5.74, 6) is 0.201. The molecular weight excluding hydrogens is 517 g/mol. The number of amides is 1. The van der Waals surface area contributed by atoms with Crippen molar-refractivity contribution < 1.29 is 9.18 Å². The van der Waals surface area contributed by atoms with E-state index in [0.29, 0.717) is 23.7 Å². The maximum absolute atomic E-state index is 13.9. The van der Waals surface area contributed by atoms with Crippen molar-refractivity contribution in [1.29, 1.82) is 0 Å². The molecule has 7 rings (SSSR count). The predicted molar refractivity (Wildman–Crippen MR) is 157 cm³/mol. The Hall–Kier alpha value is -4.92. The maximum Gasteiger partial charge on any atom is 0.224 e. The van der Waals surface area contributed by atoms with Gasteiger partial charge in [0, 0.05) is 40.7 Å². The van der Waals surface area contributed by atoms with E-state index in [-0.39, 0.29) is 11.7 Å². The molecule has 204 valence electrons. The number of H-pyrrole nitrogens is 2. The van der Waals surface area contributed by atoms with Gasteiger partial charge in [-0.05, 0) is 54.7 Å². The van der Waals surface area contributed by atoms with Gasteiger partial charge >= 0.3 is 0 Å². The van der Waals surface area contributed by atoms with Gasteiger partial charge in [-0.2, -0.15) is 5.10 Å². The molecule has 1 saturated carbocycles. The summed E-state index contributed by atoms with van der Waals surface area (Å²) < 4.78 is 13.9. The molecule has 0 saturated heterocycles. The lowest BCUT2D eigenvalue weighted by atomic mass is 9.87. The van der Waals surface area contributed by atoms with Crippen LogP contribution in [0.2, 0.25) is 0 Å². The summed E-state index contributed by atoms with van der Waals surface area (Å²) in [4.78, 5) is 29.5. The van der Waals surface area contributed by atoms with Gasteiger partial charge in [0.15, 0.2) is 0 Å². The largest absolute Gasteiger partial charge is 0.352 e. The van der Waals surface area contributed by atoms with Crippen molar-refractivity contribution in [3.05, 3.63) is 79.3 Å². The lowest BCUT2D eigenvalue weighted by molar-refractivity contribution is -0.117. The number of halogens is 1. The van der Waals surface area contributed by atoms with Gasteiger partial charge in [0.05, 0.1) is 46.7 Å². The molecule has 1 aliphatic rings. The number of hydrogen-bond acceptors (Lipinski definition) is 5. The van der Waals surface area contributed by atoms with E-state index in [0.717, 1.165) is 62.7 Å². The van der Waals surface area contributed by atoms with E-state index in [1.54, 1.807) is 37.1 Å². The van der Waals surface area contributed by atoms with Crippen LogP contribution >= 0.6 is 0 Å². The van der Waals surface area contributed by atoms with Gasteiger partial charge in [0.25, 0.3) is 0 Å². The normalized spacial score (nSPS) is 14.1. The number of nitrogens with zero attached hydrogens (tertiary/aromatic N) is 4. The van der Waals surface area contributed by atoms with Crippen molar-refractivity contribution in [3.63, 3.8) is 0 Å². The predicted octanol–water partition coefficient (Wildman–Crippen LogP) is 7.28. The Labute approximate surface area is 235 Å². The molecule has 1 aliphatic carbocycles. The number of nitrogens with one attached hydrogen (secondary N) is 3. The van der Waals surface area contributed by atoms with Gasteiger partial charge < -0.3 is 10.3 Å². The van der Waals surface area contributed by atoms with Crippen molar-refractivity contribution in [3.8, 4) is 33.8 Å². The van der Waals surface area contributed by atoms with Crippen molar-refractivity contribution in [2.75, 3.05) is 5.32 Å². The number of benzene rings is 1. The van der Waals surface area contributed by atoms with E-state index in [4.69, 9.17) is 0 Å². The molecule has 8 nitrogen and oxygen atoms in total. The zero-order valence-electron chi connectivity index (χ0n) is 22.3.